The Morgan fingerprint density at radius 2 is 2.20 bits per heavy atom. The highest BCUT2D eigenvalue weighted by Gasteiger charge is 2.02. The van der Waals surface area contributed by atoms with Crippen LogP contribution in [0.1, 0.15) is 6.42 Å². The van der Waals surface area contributed by atoms with E-state index in [9.17, 15) is 8.42 Å². The lowest BCUT2D eigenvalue weighted by molar-refractivity contribution is 0.595. The average Bonchev–Trinajstić information content (AvgIpc) is 2.11. The van der Waals surface area contributed by atoms with Crippen LogP contribution in [0.25, 0.3) is 0 Å². The number of hydrogen-bond donors (Lipinski definition) is 3. The number of nitrogens with zero attached hydrogens (tertiary/aromatic N) is 2. The normalized spacial score (nSPS) is 11.3. The molecule has 1 rings (SSSR count). The van der Waals surface area contributed by atoms with Crippen molar-refractivity contribution in [3.63, 3.8) is 0 Å². The molecule has 0 unspecified atom stereocenters. The molecule has 7 nitrogen and oxygen atoms in total. The number of hydrogen-bond acceptors (Lipinski definition) is 6. The Morgan fingerprint density at radius 1 is 1.47 bits per heavy atom. The highest BCUT2D eigenvalue weighted by atomic mass is 32.2. The number of anilines is 2. The smallest absolute Gasteiger partial charge is 0.224 e. The highest BCUT2D eigenvalue weighted by molar-refractivity contribution is 7.89. The molecule has 1 heterocycles. The molecular formula is C7H13N5O2S. The van der Waals surface area contributed by atoms with E-state index in [1.54, 1.807) is 6.07 Å². The van der Waals surface area contributed by atoms with Gasteiger partial charge in [-0.3, -0.25) is 0 Å². The SMILES string of the molecule is Nc1ccnc(NCCCS(N)(=O)=O)n1. The van der Waals surface area contributed by atoms with Crippen molar-refractivity contribution in [3.05, 3.63) is 12.3 Å². The van der Waals surface area contributed by atoms with Gasteiger partial charge in [-0.1, -0.05) is 0 Å². The predicted molar refractivity (Wildman–Crippen MR) is 57.5 cm³/mol. The van der Waals surface area contributed by atoms with Gasteiger partial charge < -0.3 is 11.1 Å². The van der Waals surface area contributed by atoms with Crippen molar-refractivity contribution in [1.29, 1.82) is 0 Å². The first-order valence-corrected chi connectivity index (χ1v) is 6.02. The van der Waals surface area contributed by atoms with Crippen molar-refractivity contribution in [2.45, 2.75) is 6.42 Å². The van der Waals surface area contributed by atoms with E-state index in [1.807, 2.05) is 0 Å². The topological polar surface area (TPSA) is 124 Å². The van der Waals surface area contributed by atoms with E-state index in [4.69, 9.17) is 10.9 Å². The largest absolute Gasteiger partial charge is 0.384 e. The zero-order valence-electron chi connectivity index (χ0n) is 8.05. The van der Waals surface area contributed by atoms with E-state index in [-0.39, 0.29) is 5.75 Å². The standard InChI is InChI=1S/C7H13N5O2S/c8-6-2-4-11-7(12-6)10-3-1-5-15(9,13)14/h2,4H,1,3,5H2,(H2,9,13,14)(H3,8,10,11,12). The number of nitrogens with one attached hydrogen (secondary N) is 1. The zero-order chi connectivity index (χ0) is 11.3. The van der Waals surface area contributed by atoms with Gasteiger partial charge in [-0.25, -0.2) is 18.5 Å². The highest BCUT2D eigenvalue weighted by Crippen LogP contribution is 2.00. The summed E-state index contributed by atoms with van der Waals surface area (Å²) in [5, 5.41) is 7.67. The summed E-state index contributed by atoms with van der Waals surface area (Å²) in [4.78, 5) is 7.77. The van der Waals surface area contributed by atoms with Gasteiger partial charge >= 0.3 is 0 Å². The average molecular weight is 231 g/mol. The van der Waals surface area contributed by atoms with Crippen LogP contribution in [0.3, 0.4) is 0 Å². The van der Waals surface area contributed by atoms with E-state index in [0.717, 1.165) is 0 Å². The van der Waals surface area contributed by atoms with Gasteiger partial charge in [0.25, 0.3) is 0 Å². The molecule has 0 saturated carbocycles. The summed E-state index contributed by atoms with van der Waals surface area (Å²) in [7, 11) is -3.39. The third kappa shape index (κ3) is 5.13. The summed E-state index contributed by atoms with van der Waals surface area (Å²) in [5.41, 5.74) is 5.43. The van der Waals surface area contributed by atoms with Crippen molar-refractivity contribution < 1.29 is 8.42 Å². The van der Waals surface area contributed by atoms with Crippen LogP contribution >= 0.6 is 0 Å². The lowest BCUT2D eigenvalue weighted by Gasteiger charge is -2.03. The third-order valence-corrected chi connectivity index (χ3v) is 2.42. The molecule has 5 N–H and O–H groups in total. The Kier molecular flexibility index (Phi) is 3.81. The minimum absolute atomic E-state index is 0.0671. The molecule has 15 heavy (non-hydrogen) atoms. The van der Waals surface area contributed by atoms with Gasteiger partial charge in [0.1, 0.15) is 5.82 Å². The quantitative estimate of drug-likeness (QED) is 0.567. The summed E-state index contributed by atoms with van der Waals surface area (Å²) in [6, 6.07) is 1.57. The molecule has 0 aliphatic heterocycles. The fraction of sp³-hybridized carbons (Fsp3) is 0.429. The Labute approximate surface area is 88.0 Å². The molecule has 0 saturated heterocycles. The first-order chi connectivity index (χ1) is 6.97. The van der Waals surface area contributed by atoms with Crippen molar-refractivity contribution in [2.75, 3.05) is 23.3 Å². The number of nitrogen functional groups attached to an aromatic ring is 1. The van der Waals surface area contributed by atoms with Crippen LogP contribution < -0.4 is 16.2 Å². The van der Waals surface area contributed by atoms with Crippen molar-refractivity contribution in [1.82, 2.24) is 9.97 Å². The van der Waals surface area contributed by atoms with E-state index in [1.165, 1.54) is 6.20 Å². The minimum Gasteiger partial charge on any atom is -0.384 e. The van der Waals surface area contributed by atoms with Crippen LogP contribution in [0.4, 0.5) is 11.8 Å². The second kappa shape index (κ2) is 4.89. The van der Waals surface area contributed by atoms with Gasteiger partial charge in [0.15, 0.2) is 0 Å². The molecule has 0 aliphatic rings. The maximum Gasteiger partial charge on any atom is 0.224 e. The molecular weight excluding hydrogens is 218 g/mol. The second-order valence-corrected chi connectivity index (χ2v) is 4.69. The van der Waals surface area contributed by atoms with Crippen LogP contribution in [0.2, 0.25) is 0 Å². The van der Waals surface area contributed by atoms with Crippen molar-refractivity contribution in [3.8, 4) is 0 Å². The van der Waals surface area contributed by atoms with Gasteiger partial charge in [-0.15, -0.1) is 0 Å². The fourth-order valence-corrected chi connectivity index (χ4v) is 1.48. The Bertz CT molecular complexity index is 419. The van der Waals surface area contributed by atoms with E-state index < -0.39 is 10.0 Å². The summed E-state index contributed by atoms with van der Waals surface area (Å²) < 4.78 is 21.2. The molecule has 0 bridgehead atoms. The van der Waals surface area contributed by atoms with Crippen LogP contribution in [0, 0.1) is 0 Å². The van der Waals surface area contributed by atoms with E-state index >= 15 is 0 Å². The molecule has 0 amide bonds. The number of rotatable bonds is 5. The van der Waals surface area contributed by atoms with Crippen LogP contribution in [-0.4, -0.2) is 30.7 Å². The molecule has 0 radical (unpaired) electrons. The first kappa shape index (κ1) is 11.7. The summed E-state index contributed by atoms with van der Waals surface area (Å²) in [6.07, 6.45) is 1.92. The minimum atomic E-state index is -3.39. The number of aromatic nitrogens is 2. The van der Waals surface area contributed by atoms with Crippen molar-refractivity contribution in [2.24, 2.45) is 5.14 Å². The Hall–Kier alpha value is -1.41. The number of sulfonamides is 1. The molecule has 0 aromatic carbocycles. The van der Waals surface area contributed by atoms with Gasteiger partial charge in [-0.05, 0) is 12.5 Å². The Balaban J connectivity index is 2.32. The predicted octanol–water partition coefficient (Wildman–Crippen LogP) is -0.851. The lowest BCUT2D eigenvalue weighted by Crippen LogP contribution is -2.19. The maximum absolute atomic E-state index is 10.6. The maximum atomic E-state index is 10.6. The lowest BCUT2D eigenvalue weighted by atomic mass is 10.5. The van der Waals surface area contributed by atoms with Crippen LogP contribution in [-0.2, 0) is 10.0 Å². The monoisotopic (exact) mass is 231 g/mol. The molecule has 84 valence electrons. The number of primary sulfonamides is 1. The first-order valence-electron chi connectivity index (χ1n) is 4.30. The second-order valence-electron chi connectivity index (χ2n) is 2.95. The molecule has 0 spiro atoms. The summed E-state index contributed by atoms with van der Waals surface area (Å²) >= 11 is 0. The molecule has 8 heteroatoms. The van der Waals surface area contributed by atoms with E-state index in [0.29, 0.717) is 24.7 Å². The summed E-state index contributed by atoms with van der Waals surface area (Å²) in [6.45, 7) is 0.430. The third-order valence-electron chi connectivity index (χ3n) is 1.57. The van der Waals surface area contributed by atoms with Gasteiger partial charge in [0.2, 0.25) is 16.0 Å². The molecule has 0 fully saturated rings. The fourth-order valence-electron chi connectivity index (χ4n) is 0.931. The zero-order valence-corrected chi connectivity index (χ0v) is 8.87. The van der Waals surface area contributed by atoms with Gasteiger partial charge in [0.05, 0.1) is 5.75 Å². The van der Waals surface area contributed by atoms with Crippen LogP contribution in [0.15, 0.2) is 12.3 Å². The molecule has 0 atom stereocenters. The van der Waals surface area contributed by atoms with Gasteiger partial charge in [-0.2, -0.15) is 4.98 Å². The molecule has 0 aliphatic carbocycles. The van der Waals surface area contributed by atoms with Crippen molar-refractivity contribution >= 4 is 21.8 Å². The van der Waals surface area contributed by atoms with Gasteiger partial charge in [0, 0.05) is 12.7 Å². The number of nitrogens with two attached hydrogens (primary N) is 2. The molecule has 1 aromatic rings. The summed E-state index contributed by atoms with van der Waals surface area (Å²) in [5.74, 6) is 0.672. The van der Waals surface area contributed by atoms with E-state index in [2.05, 4.69) is 15.3 Å². The Morgan fingerprint density at radius 3 is 2.80 bits per heavy atom. The molecule has 1 aromatic heterocycles. The van der Waals surface area contributed by atoms with Crippen LogP contribution in [0.5, 0.6) is 0 Å².